The van der Waals surface area contributed by atoms with Crippen molar-refractivity contribution in [1.82, 2.24) is 0 Å². The topological polar surface area (TPSA) is 9.23 Å². The minimum absolute atomic E-state index is 0.0316. The molecular formula is C39H26F10O. The molecule has 5 aromatic rings. The van der Waals surface area contributed by atoms with Gasteiger partial charge in [0, 0.05) is 22.8 Å². The van der Waals surface area contributed by atoms with Crippen molar-refractivity contribution >= 4 is 0 Å². The molecule has 5 aromatic carbocycles. The van der Waals surface area contributed by atoms with Crippen molar-refractivity contribution in [3.05, 3.63) is 147 Å². The molecule has 0 N–H and O–H groups in total. The van der Waals surface area contributed by atoms with E-state index in [2.05, 4.69) is 16.6 Å². The fourth-order valence-electron chi connectivity index (χ4n) is 5.35. The highest BCUT2D eigenvalue weighted by Crippen LogP contribution is 2.37. The van der Waals surface area contributed by atoms with Crippen molar-refractivity contribution in [2.75, 3.05) is 0 Å². The van der Waals surface area contributed by atoms with Crippen LogP contribution in [0.5, 0.6) is 5.75 Å². The van der Waals surface area contributed by atoms with Gasteiger partial charge in [-0.2, -0.15) is 8.78 Å². The van der Waals surface area contributed by atoms with Gasteiger partial charge >= 0.3 is 6.11 Å². The maximum Gasteiger partial charge on any atom is 0.432 e. The van der Waals surface area contributed by atoms with E-state index in [1.54, 1.807) is 0 Å². The molecule has 0 saturated heterocycles. The summed E-state index contributed by atoms with van der Waals surface area (Å²) in [6.45, 7) is 3.28. The molecule has 0 aromatic heterocycles. The SMILES string of the molecule is CCCCCc1cc(F)c(C(F)(F)Oc2cc(C)c(C#Cc3ccc(-c4ccc(-c5cc(F)c(F)c(F)c5)c(F)c4)c(F)c3)c(F)c2)c(F)c1. The van der Waals surface area contributed by atoms with Crippen molar-refractivity contribution in [2.24, 2.45) is 0 Å². The lowest BCUT2D eigenvalue weighted by atomic mass is 9.98. The van der Waals surface area contributed by atoms with Gasteiger partial charge in [-0.3, -0.25) is 0 Å². The van der Waals surface area contributed by atoms with Gasteiger partial charge in [0.25, 0.3) is 0 Å². The van der Waals surface area contributed by atoms with Crippen molar-refractivity contribution < 1.29 is 48.6 Å². The summed E-state index contributed by atoms with van der Waals surface area (Å²) in [5, 5.41) is 0. The molecule has 5 rings (SSSR count). The van der Waals surface area contributed by atoms with Gasteiger partial charge in [-0.15, -0.1) is 0 Å². The highest BCUT2D eigenvalue weighted by Gasteiger charge is 2.41. The second-order valence-electron chi connectivity index (χ2n) is 11.5. The number of alkyl halides is 2. The highest BCUT2D eigenvalue weighted by molar-refractivity contribution is 5.72. The van der Waals surface area contributed by atoms with Crippen LogP contribution in [-0.2, 0) is 12.5 Å². The van der Waals surface area contributed by atoms with E-state index in [4.69, 9.17) is 0 Å². The number of halogens is 10. The van der Waals surface area contributed by atoms with E-state index in [1.165, 1.54) is 25.1 Å². The zero-order valence-corrected chi connectivity index (χ0v) is 26.4. The van der Waals surface area contributed by atoms with Crippen LogP contribution in [0.2, 0.25) is 0 Å². The fourth-order valence-corrected chi connectivity index (χ4v) is 5.35. The van der Waals surface area contributed by atoms with Gasteiger partial charge in [-0.05, 0) is 90.6 Å². The first kappa shape index (κ1) is 36.1. The minimum atomic E-state index is -4.48. The predicted molar refractivity (Wildman–Crippen MR) is 168 cm³/mol. The van der Waals surface area contributed by atoms with Gasteiger partial charge in [0.2, 0.25) is 0 Å². The first-order valence-electron chi connectivity index (χ1n) is 15.3. The highest BCUT2D eigenvalue weighted by atomic mass is 19.3. The van der Waals surface area contributed by atoms with Crippen LogP contribution in [0.15, 0.2) is 72.8 Å². The molecule has 258 valence electrons. The molecule has 0 radical (unpaired) electrons. The second-order valence-corrected chi connectivity index (χ2v) is 11.5. The molecule has 0 aliphatic carbocycles. The molecule has 11 heteroatoms. The Kier molecular flexibility index (Phi) is 10.6. The van der Waals surface area contributed by atoms with Crippen molar-refractivity contribution in [2.45, 2.75) is 45.6 Å². The molecule has 1 nitrogen and oxygen atoms in total. The van der Waals surface area contributed by atoms with E-state index >= 15 is 8.78 Å². The molecule has 0 amide bonds. The fraction of sp³-hybridized carbons (Fsp3) is 0.179. The lowest BCUT2D eigenvalue weighted by Crippen LogP contribution is -2.25. The summed E-state index contributed by atoms with van der Waals surface area (Å²) in [5.41, 5.74) is -2.07. The van der Waals surface area contributed by atoms with Gasteiger partial charge in [0.1, 0.15) is 40.4 Å². The Morgan fingerprint density at radius 1 is 0.600 bits per heavy atom. The number of ether oxygens (including phenoxy) is 1. The van der Waals surface area contributed by atoms with Crippen molar-refractivity contribution in [3.8, 4) is 39.8 Å². The molecule has 0 unspecified atom stereocenters. The van der Waals surface area contributed by atoms with Crippen molar-refractivity contribution in [1.29, 1.82) is 0 Å². The van der Waals surface area contributed by atoms with Crippen LogP contribution in [0.3, 0.4) is 0 Å². The van der Waals surface area contributed by atoms with Crippen LogP contribution in [-0.4, -0.2) is 0 Å². The average molecular weight is 701 g/mol. The molecule has 0 fully saturated rings. The van der Waals surface area contributed by atoms with Crippen LogP contribution in [0.4, 0.5) is 43.9 Å². The first-order valence-corrected chi connectivity index (χ1v) is 15.3. The zero-order valence-electron chi connectivity index (χ0n) is 26.4. The van der Waals surface area contributed by atoms with E-state index in [0.717, 1.165) is 49.2 Å². The largest absolute Gasteiger partial charge is 0.432 e. The third-order valence-electron chi connectivity index (χ3n) is 7.84. The lowest BCUT2D eigenvalue weighted by Gasteiger charge is -2.20. The van der Waals surface area contributed by atoms with Gasteiger partial charge in [0.05, 0.1) is 5.56 Å². The molecule has 0 saturated carbocycles. The Hall–Kier alpha value is -5.24. The summed E-state index contributed by atoms with van der Waals surface area (Å²) in [7, 11) is 0. The van der Waals surface area contributed by atoms with Crippen LogP contribution in [0.25, 0.3) is 22.3 Å². The minimum Gasteiger partial charge on any atom is -0.429 e. The Morgan fingerprint density at radius 2 is 1.20 bits per heavy atom. The van der Waals surface area contributed by atoms with Crippen molar-refractivity contribution in [3.63, 3.8) is 0 Å². The van der Waals surface area contributed by atoms with Gasteiger partial charge in [-0.1, -0.05) is 49.8 Å². The zero-order chi connectivity index (χ0) is 36.3. The molecule has 0 heterocycles. The monoisotopic (exact) mass is 700 g/mol. The van der Waals surface area contributed by atoms with Crippen LogP contribution < -0.4 is 4.74 Å². The number of rotatable bonds is 9. The Labute approximate surface area is 281 Å². The average Bonchev–Trinajstić information content (AvgIpc) is 3.02. The predicted octanol–water partition coefficient (Wildman–Crippen LogP) is 11.7. The number of hydrogen-bond acceptors (Lipinski definition) is 1. The van der Waals surface area contributed by atoms with Gasteiger partial charge < -0.3 is 4.74 Å². The maximum absolute atomic E-state index is 15.1. The maximum atomic E-state index is 15.1. The molecular weight excluding hydrogens is 674 g/mol. The molecule has 0 bridgehead atoms. The summed E-state index contributed by atoms with van der Waals surface area (Å²) in [4.78, 5) is 0. The van der Waals surface area contributed by atoms with Gasteiger partial charge in [-0.25, -0.2) is 35.1 Å². The number of hydrogen-bond donors (Lipinski definition) is 0. The summed E-state index contributed by atoms with van der Waals surface area (Å²) in [6.07, 6.45) is -1.89. The van der Waals surface area contributed by atoms with Crippen LogP contribution in [0.1, 0.15) is 54.0 Å². The number of aryl methyl sites for hydroxylation is 2. The van der Waals surface area contributed by atoms with E-state index in [9.17, 15) is 35.1 Å². The third kappa shape index (κ3) is 7.80. The normalized spacial score (nSPS) is 11.4. The molecule has 0 aliphatic rings. The van der Waals surface area contributed by atoms with Crippen LogP contribution >= 0.6 is 0 Å². The standard InChI is InChI=1S/C39H26F10O/c1-3-4-5-6-23-15-33(43)37(34(44)16-23)39(48,49)50-26-13-21(2)27(32(42)20-26)10-7-22-8-11-28(30(40)14-22)24-9-12-29(31(41)17-24)25-18-35(45)38(47)36(46)19-25/h8-9,11-20H,3-6H2,1-2H3. The first-order chi connectivity index (χ1) is 23.7. The summed E-state index contributed by atoms with van der Waals surface area (Å²) in [5.74, 6) is -6.28. The summed E-state index contributed by atoms with van der Waals surface area (Å²) in [6, 6.07) is 11.5. The molecule has 0 atom stereocenters. The lowest BCUT2D eigenvalue weighted by molar-refractivity contribution is -0.189. The Morgan fingerprint density at radius 3 is 1.80 bits per heavy atom. The second kappa shape index (κ2) is 14.7. The smallest absolute Gasteiger partial charge is 0.429 e. The van der Waals surface area contributed by atoms with E-state index in [1.807, 2.05) is 6.92 Å². The van der Waals surface area contributed by atoms with E-state index in [-0.39, 0.29) is 44.5 Å². The molecule has 0 spiro atoms. The summed E-state index contributed by atoms with van der Waals surface area (Å²) < 4.78 is 149. The molecule has 50 heavy (non-hydrogen) atoms. The summed E-state index contributed by atoms with van der Waals surface area (Å²) >= 11 is 0. The number of unbranched alkanes of at least 4 members (excludes halogenated alkanes) is 2. The van der Waals surface area contributed by atoms with Gasteiger partial charge in [0.15, 0.2) is 17.5 Å². The van der Waals surface area contributed by atoms with E-state index < -0.39 is 64.0 Å². The van der Waals surface area contributed by atoms with Crippen LogP contribution in [0, 0.1) is 65.3 Å². The molecule has 0 aliphatic heterocycles. The Balaban J connectivity index is 1.34. The Bertz CT molecular complexity index is 2080. The quantitative estimate of drug-likeness (QED) is 0.0644. The number of benzene rings is 5. The third-order valence-corrected chi connectivity index (χ3v) is 7.84. The van der Waals surface area contributed by atoms with E-state index in [0.29, 0.717) is 31.0 Å².